The van der Waals surface area contributed by atoms with Crippen LogP contribution in [0.2, 0.25) is 0 Å². The Bertz CT molecular complexity index is 348. The molecule has 0 aliphatic carbocycles. The minimum absolute atomic E-state index is 0.00278. The molecule has 1 atom stereocenters. The van der Waals surface area contributed by atoms with Crippen LogP contribution in [0.25, 0.3) is 0 Å². The van der Waals surface area contributed by atoms with Crippen molar-refractivity contribution in [1.29, 1.82) is 0 Å². The van der Waals surface area contributed by atoms with Crippen molar-refractivity contribution >= 4 is 15.7 Å². The first-order chi connectivity index (χ1) is 7.00. The van der Waals surface area contributed by atoms with Gasteiger partial charge in [0.1, 0.15) is 0 Å². The van der Waals surface area contributed by atoms with Crippen molar-refractivity contribution in [1.82, 2.24) is 4.90 Å². The van der Waals surface area contributed by atoms with Crippen molar-refractivity contribution in [2.75, 3.05) is 18.1 Å². The van der Waals surface area contributed by atoms with Crippen LogP contribution in [0.4, 0.5) is 0 Å². The monoisotopic (exact) mass is 231 g/mol. The van der Waals surface area contributed by atoms with E-state index < -0.39 is 9.84 Å². The van der Waals surface area contributed by atoms with Gasteiger partial charge >= 0.3 is 0 Å². The Balaban J connectivity index is 2.73. The number of nitrogens with zero attached hydrogens (tertiary/aromatic N) is 1. The van der Waals surface area contributed by atoms with Crippen molar-refractivity contribution in [2.45, 2.75) is 25.8 Å². The summed E-state index contributed by atoms with van der Waals surface area (Å²) in [7, 11) is -2.93. The first kappa shape index (κ1) is 12.2. The molecule has 1 aliphatic heterocycles. The molecule has 1 unspecified atom stereocenters. The molecule has 0 aromatic carbocycles. The summed E-state index contributed by atoms with van der Waals surface area (Å²) in [5.74, 6) is 0.298. The van der Waals surface area contributed by atoms with Gasteiger partial charge in [-0.05, 0) is 6.42 Å². The predicted octanol–water partition coefficient (Wildman–Crippen LogP) is 0.598. The van der Waals surface area contributed by atoms with Crippen LogP contribution in [0.1, 0.15) is 19.8 Å². The second-order valence-electron chi connectivity index (χ2n) is 3.75. The highest BCUT2D eigenvalue weighted by molar-refractivity contribution is 7.91. The van der Waals surface area contributed by atoms with Gasteiger partial charge in [-0.1, -0.05) is 13.0 Å². The highest BCUT2D eigenvalue weighted by Crippen LogP contribution is 2.18. The average Bonchev–Trinajstić information content (AvgIpc) is 2.54. The van der Waals surface area contributed by atoms with E-state index in [0.29, 0.717) is 19.4 Å². The lowest BCUT2D eigenvalue weighted by molar-refractivity contribution is -0.132. The van der Waals surface area contributed by atoms with Crippen LogP contribution in [0.15, 0.2) is 12.7 Å². The second-order valence-corrected chi connectivity index (χ2v) is 5.97. The topological polar surface area (TPSA) is 54.5 Å². The largest absolute Gasteiger partial charge is 0.335 e. The van der Waals surface area contributed by atoms with Gasteiger partial charge in [-0.2, -0.15) is 0 Å². The number of carbonyl (C=O) groups is 1. The third-order valence-corrected chi connectivity index (χ3v) is 4.35. The first-order valence-corrected chi connectivity index (χ1v) is 6.93. The molecular formula is C10H17NO3S. The van der Waals surface area contributed by atoms with E-state index in [1.807, 2.05) is 0 Å². The summed E-state index contributed by atoms with van der Waals surface area (Å²) in [6.07, 6.45) is 2.60. The smallest absolute Gasteiger partial charge is 0.222 e. The third-order valence-electron chi connectivity index (χ3n) is 2.60. The number of carbonyl (C=O) groups excluding carboxylic acids is 1. The third kappa shape index (κ3) is 3.06. The van der Waals surface area contributed by atoms with Gasteiger partial charge in [-0.15, -0.1) is 6.58 Å². The van der Waals surface area contributed by atoms with Crippen LogP contribution in [-0.2, 0) is 14.6 Å². The standard InChI is InChI=1S/C10H17NO3S/c1-3-6-11(10(12)4-2)9-5-7-15(13,14)8-9/h3,9H,1,4-8H2,2H3. The fourth-order valence-corrected chi connectivity index (χ4v) is 3.55. The van der Waals surface area contributed by atoms with Gasteiger partial charge in [0.2, 0.25) is 5.91 Å². The first-order valence-electron chi connectivity index (χ1n) is 5.11. The maximum Gasteiger partial charge on any atom is 0.222 e. The van der Waals surface area contributed by atoms with E-state index >= 15 is 0 Å². The normalized spacial score (nSPS) is 23.7. The van der Waals surface area contributed by atoms with E-state index in [9.17, 15) is 13.2 Å². The molecule has 4 nitrogen and oxygen atoms in total. The zero-order chi connectivity index (χ0) is 11.5. The number of hydrogen-bond acceptors (Lipinski definition) is 3. The quantitative estimate of drug-likeness (QED) is 0.666. The van der Waals surface area contributed by atoms with Crippen LogP contribution in [0.5, 0.6) is 0 Å². The maximum absolute atomic E-state index is 11.6. The molecule has 5 heteroatoms. The average molecular weight is 231 g/mol. The van der Waals surface area contributed by atoms with Gasteiger partial charge in [0, 0.05) is 19.0 Å². The lowest BCUT2D eigenvalue weighted by Gasteiger charge is -2.26. The molecule has 0 bridgehead atoms. The molecule has 0 saturated carbocycles. The van der Waals surface area contributed by atoms with Crippen molar-refractivity contribution in [3.8, 4) is 0 Å². The Kier molecular flexibility index (Phi) is 3.90. The van der Waals surface area contributed by atoms with Crippen LogP contribution in [0.3, 0.4) is 0 Å². The molecule has 1 heterocycles. The van der Waals surface area contributed by atoms with E-state index in [1.54, 1.807) is 17.9 Å². The van der Waals surface area contributed by atoms with E-state index in [1.165, 1.54) is 0 Å². The lowest BCUT2D eigenvalue weighted by atomic mass is 10.2. The van der Waals surface area contributed by atoms with E-state index in [0.717, 1.165) is 0 Å². The molecule has 0 spiro atoms. The lowest BCUT2D eigenvalue weighted by Crippen LogP contribution is -2.40. The van der Waals surface area contributed by atoms with Crippen LogP contribution in [-0.4, -0.2) is 43.3 Å². The van der Waals surface area contributed by atoms with Crippen molar-refractivity contribution in [3.63, 3.8) is 0 Å². The van der Waals surface area contributed by atoms with Crippen molar-refractivity contribution in [2.24, 2.45) is 0 Å². The molecule has 1 saturated heterocycles. The van der Waals surface area contributed by atoms with E-state index in [-0.39, 0.29) is 23.5 Å². The molecule has 1 amide bonds. The predicted molar refractivity (Wildman–Crippen MR) is 59.3 cm³/mol. The summed E-state index contributed by atoms with van der Waals surface area (Å²) in [4.78, 5) is 13.2. The van der Waals surface area contributed by atoms with E-state index in [2.05, 4.69) is 6.58 Å². The number of hydrogen-bond donors (Lipinski definition) is 0. The molecule has 15 heavy (non-hydrogen) atoms. The molecule has 0 aromatic rings. The van der Waals surface area contributed by atoms with Gasteiger partial charge in [0.05, 0.1) is 11.5 Å². The maximum atomic E-state index is 11.6. The number of rotatable bonds is 4. The molecule has 0 aromatic heterocycles. The molecule has 1 rings (SSSR count). The van der Waals surface area contributed by atoms with Crippen LogP contribution in [0, 0.1) is 0 Å². The minimum atomic E-state index is -2.93. The zero-order valence-electron chi connectivity index (χ0n) is 8.98. The summed E-state index contributed by atoms with van der Waals surface area (Å²) in [5.41, 5.74) is 0. The Morgan fingerprint density at radius 3 is 2.67 bits per heavy atom. The highest BCUT2D eigenvalue weighted by Gasteiger charge is 2.33. The summed E-state index contributed by atoms with van der Waals surface area (Å²) in [6, 6.07) is -0.152. The minimum Gasteiger partial charge on any atom is -0.335 e. The Morgan fingerprint density at radius 2 is 2.27 bits per heavy atom. The van der Waals surface area contributed by atoms with Gasteiger partial charge in [0.25, 0.3) is 0 Å². The highest BCUT2D eigenvalue weighted by atomic mass is 32.2. The van der Waals surface area contributed by atoms with Gasteiger partial charge in [0.15, 0.2) is 9.84 Å². The summed E-state index contributed by atoms with van der Waals surface area (Å²) in [6.45, 7) is 5.80. The van der Waals surface area contributed by atoms with Gasteiger partial charge in [-0.25, -0.2) is 8.42 Å². The Labute approximate surface area is 90.9 Å². The fourth-order valence-electron chi connectivity index (χ4n) is 1.82. The van der Waals surface area contributed by atoms with E-state index in [4.69, 9.17) is 0 Å². The molecule has 0 N–H and O–H groups in total. The Morgan fingerprint density at radius 1 is 1.60 bits per heavy atom. The molecule has 1 aliphatic rings. The van der Waals surface area contributed by atoms with Crippen LogP contribution >= 0.6 is 0 Å². The summed E-state index contributed by atoms with van der Waals surface area (Å²) >= 11 is 0. The van der Waals surface area contributed by atoms with Gasteiger partial charge < -0.3 is 4.90 Å². The Hall–Kier alpha value is -0.840. The SMILES string of the molecule is C=CCN(C(=O)CC)C1CCS(=O)(=O)C1. The summed E-state index contributed by atoms with van der Waals surface area (Å²) < 4.78 is 22.6. The molecule has 1 fully saturated rings. The number of amides is 1. The molecular weight excluding hydrogens is 214 g/mol. The summed E-state index contributed by atoms with van der Waals surface area (Å²) in [5, 5.41) is 0. The van der Waals surface area contributed by atoms with Crippen molar-refractivity contribution < 1.29 is 13.2 Å². The van der Waals surface area contributed by atoms with Gasteiger partial charge in [-0.3, -0.25) is 4.79 Å². The van der Waals surface area contributed by atoms with Crippen molar-refractivity contribution in [3.05, 3.63) is 12.7 Å². The molecule has 0 radical (unpaired) electrons. The van der Waals surface area contributed by atoms with Crippen LogP contribution < -0.4 is 0 Å². The second kappa shape index (κ2) is 4.79. The fraction of sp³-hybridized carbons (Fsp3) is 0.700. The number of sulfone groups is 1. The molecule has 86 valence electrons. The zero-order valence-corrected chi connectivity index (χ0v) is 9.79.